The van der Waals surface area contributed by atoms with Crippen LogP contribution in [0.4, 0.5) is 0 Å². The van der Waals surface area contributed by atoms with E-state index in [-0.39, 0.29) is 11.9 Å². The van der Waals surface area contributed by atoms with Gasteiger partial charge in [0.1, 0.15) is 0 Å². The molecule has 7 heteroatoms. The fraction of sp³-hybridized carbons (Fsp3) is 0.900. The van der Waals surface area contributed by atoms with Gasteiger partial charge in [-0.25, -0.2) is 0 Å². The van der Waals surface area contributed by atoms with Gasteiger partial charge in [-0.15, -0.1) is 0 Å². The standard InChI is InChI=1S/4C4H9.2C2H4O2.S.2Sn/c4*1-3-4-2;2*1-2(3)4;;;/h4*1,3-4H2,2H3;2*1H3,(H,3,4);;;/q;;;;;;;2*+1/p-2. The zero-order chi connectivity index (χ0) is 20.8. The van der Waals surface area contributed by atoms with E-state index in [1.54, 1.807) is 13.8 Å². The van der Waals surface area contributed by atoms with Crippen LogP contribution in [0.1, 0.15) is 92.9 Å². The van der Waals surface area contributed by atoms with Crippen molar-refractivity contribution >= 4 is 52.9 Å². The summed E-state index contributed by atoms with van der Waals surface area (Å²) in [5, 5.41) is 0. The second kappa shape index (κ2) is 15.7. The molecule has 0 bridgehead atoms. The summed E-state index contributed by atoms with van der Waals surface area (Å²) in [6.45, 7) is 11.9. The van der Waals surface area contributed by atoms with Gasteiger partial charge in [-0.3, -0.25) is 0 Å². The molecule has 0 aromatic rings. The minimum atomic E-state index is -3.24. The van der Waals surface area contributed by atoms with E-state index in [2.05, 4.69) is 27.7 Å². The molecule has 0 heterocycles. The Kier molecular flexibility index (Phi) is 16.2. The number of hydrogen-bond donors (Lipinski definition) is 0. The second-order valence-electron chi connectivity index (χ2n) is 7.52. The van der Waals surface area contributed by atoms with Gasteiger partial charge in [0.15, 0.2) is 0 Å². The molecule has 0 aliphatic carbocycles. The molecule has 0 spiro atoms. The van der Waals surface area contributed by atoms with Gasteiger partial charge in [-0.1, -0.05) is 0 Å². The third kappa shape index (κ3) is 12.2. The SMILES string of the molecule is CCC[CH2][Sn]([CH2]CCC)([O]C(C)=O)[S][Sn]([CH2]CCC)([CH2]CCC)[O]C(C)=O. The molecule has 0 N–H and O–H groups in total. The van der Waals surface area contributed by atoms with Gasteiger partial charge < -0.3 is 0 Å². The van der Waals surface area contributed by atoms with Gasteiger partial charge >= 0.3 is 179 Å². The predicted octanol–water partition coefficient (Wildman–Crippen LogP) is 6.93. The maximum atomic E-state index is 12.1. The van der Waals surface area contributed by atoms with E-state index >= 15 is 0 Å². The Morgan fingerprint density at radius 1 is 0.630 bits per heavy atom. The van der Waals surface area contributed by atoms with Crippen molar-refractivity contribution < 1.29 is 15.7 Å². The first-order chi connectivity index (χ1) is 12.8. The summed E-state index contributed by atoms with van der Waals surface area (Å²) in [6.07, 6.45) is 11.0. The van der Waals surface area contributed by atoms with Crippen molar-refractivity contribution in [1.82, 2.24) is 0 Å². The van der Waals surface area contributed by atoms with Gasteiger partial charge in [0, 0.05) is 0 Å². The van der Waals surface area contributed by atoms with E-state index in [1.807, 2.05) is 6.13 Å². The van der Waals surface area contributed by atoms with E-state index in [4.69, 9.17) is 6.15 Å². The normalized spacial score (nSPS) is 12.1. The van der Waals surface area contributed by atoms with Crippen molar-refractivity contribution in [2.45, 2.75) is 111 Å². The van der Waals surface area contributed by atoms with E-state index in [0.29, 0.717) is 0 Å². The fourth-order valence-electron chi connectivity index (χ4n) is 3.35. The van der Waals surface area contributed by atoms with Crippen LogP contribution in [0.3, 0.4) is 0 Å². The summed E-state index contributed by atoms with van der Waals surface area (Å²) in [4.78, 5) is 24.1. The average Bonchev–Trinajstić information content (AvgIpc) is 2.60. The quantitative estimate of drug-likeness (QED) is 0.176. The molecule has 0 radical (unpaired) electrons. The van der Waals surface area contributed by atoms with Crippen LogP contribution in [0.2, 0.25) is 17.7 Å². The Bertz CT molecular complexity index is 378. The first-order valence-electron chi connectivity index (χ1n) is 10.9. The molecule has 0 aromatic heterocycles. The molecule has 0 amide bonds. The molecule has 0 unspecified atom stereocenters. The van der Waals surface area contributed by atoms with Crippen molar-refractivity contribution in [1.29, 1.82) is 0 Å². The zero-order valence-corrected chi connectivity index (χ0v) is 25.1. The molecule has 4 nitrogen and oxygen atoms in total. The van der Waals surface area contributed by atoms with Crippen LogP contribution in [0, 0.1) is 0 Å². The average molecular weight is 616 g/mol. The van der Waals surface area contributed by atoms with Crippen molar-refractivity contribution in [3.63, 3.8) is 0 Å². The van der Waals surface area contributed by atoms with Crippen molar-refractivity contribution in [2.24, 2.45) is 0 Å². The van der Waals surface area contributed by atoms with Crippen molar-refractivity contribution in [3.8, 4) is 0 Å². The molecule has 0 fully saturated rings. The van der Waals surface area contributed by atoms with Crippen LogP contribution in [-0.2, 0) is 15.7 Å². The van der Waals surface area contributed by atoms with E-state index in [1.165, 1.54) is 0 Å². The number of hydrogen-bond acceptors (Lipinski definition) is 5. The molecule has 0 atom stereocenters. The van der Waals surface area contributed by atoms with Gasteiger partial charge in [0.25, 0.3) is 0 Å². The molecule has 160 valence electrons. The Morgan fingerprint density at radius 3 is 1.07 bits per heavy atom. The number of carbonyl (C=O) groups is 2. The van der Waals surface area contributed by atoms with Gasteiger partial charge in [0.2, 0.25) is 0 Å². The Morgan fingerprint density at radius 2 is 0.889 bits per heavy atom. The summed E-state index contributed by atoms with van der Waals surface area (Å²) in [5.41, 5.74) is 0. The molecule has 27 heavy (non-hydrogen) atoms. The third-order valence-corrected chi connectivity index (χ3v) is 77.6. The maximum absolute atomic E-state index is 12.1. The molecule has 0 saturated heterocycles. The van der Waals surface area contributed by atoms with Crippen LogP contribution in [0.15, 0.2) is 0 Å². The fourth-order valence-corrected chi connectivity index (χ4v) is 103. The summed E-state index contributed by atoms with van der Waals surface area (Å²) in [7, 11) is 0. The monoisotopic (exact) mass is 618 g/mol. The number of rotatable bonds is 16. The molecule has 0 aromatic carbocycles. The van der Waals surface area contributed by atoms with E-state index in [0.717, 1.165) is 69.1 Å². The second-order valence-corrected chi connectivity index (χ2v) is 48.5. The molecular formula is C20H42O4SSn2. The molecular weight excluding hydrogens is 574 g/mol. The van der Waals surface area contributed by atoms with Gasteiger partial charge in [0.05, 0.1) is 0 Å². The Hall–Kier alpha value is 0.887. The molecule has 0 aliphatic heterocycles. The van der Waals surface area contributed by atoms with Crippen molar-refractivity contribution in [3.05, 3.63) is 0 Å². The first-order valence-corrected chi connectivity index (χ1v) is 29.1. The van der Waals surface area contributed by atoms with Gasteiger partial charge in [-0.2, -0.15) is 0 Å². The minimum absolute atomic E-state index is 0.125. The molecule has 0 saturated carbocycles. The first kappa shape index (κ1) is 27.9. The van der Waals surface area contributed by atoms with Crippen LogP contribution in [0.25, 0.3) is 0 Å². The summed E-state index contributed by atoms with van der Waals surface area (Å²) in [6, 6.07) is 0. The van der Waals surface area contributed by atoms with Gasteiger partial charge in [-0.05, 0) is 0 Å². The molecule has 0 rings (SSSR count). The number of unbranched alkanes of at least 4 members (excludes halogenated alkanes) is 4. The van der Waals surface area contributed by atoms with Crippen LogP contribution in [-0.4, -0.2) is 46.8 Å². The Labute approximate surface area is 178 Å². The van der Waals surface area contributed by atoms with E-state index < -0.39 is 34.8 Å². The van der Waals surface area contributed by atoms with Crippen LogP contribution in [0.5, 0.6) is 0 Å². The van der Waals surface area contributed by atoms with Crippen molar-refractivity contribution in [2.75, 3.05) is 0 Å². The summed E-state index contributed by atoms with van der Waals surface area (Å²) in [5.74, 6) is -0.251. The Balaban J connectivity index is 5.89. The predicted molar refractivity (Wildman–Crippen MR) is 121 cm³/mol. The van der Waals surface area contributed by atoms with Crippen LogP contribution < -0.4 is 0 Å². The summed E-state index contributed by atoms with van der Waals surface area (Å²) >= 11 is -6.48. The van der Waals surface area contributed by atoms with E-state index in [9.17, 15) is 9.59 Å². The summed E-state index contributed by atoms with van der Waals surface area (Å²) < 4.78 is 16.7. The zero-order valence-electron chi connectivity index (χ0n) is 18.5. The molecule has 0 aliphatic rings. The topological polar surface area (TPSA) is 52.6 Å². The number of carbonyl (C=O) groups excluding carboxylic acids is 2. The third-order valence-electron chi connectivity index (χ3n) is 4.68. The van der Waals surface area contributed by atoms with Crippen LogP contribution >= 0.6 is 6.13 Å².